The summed E-state index contributed by atoms with van der Waals surface area (Å²) in [5.74, 6) is 0.844. The first kappa shape index (κ1) is 22.4. The first-order valence-electron chi connectivity index (χ1n) is 9.30. The van der Waals surface area contributed by atoms with Gasteiger partial charge < -0.3 is 14.8 Å². The lowest BCUT2D eigenvalue weighted by Crippen LogP contribution is -2.48. The van der Waals surface area contributed by atoms with Crippen LogP contribution < -0.4 is 5.32 Å². The summed E-state index contributed by atoms with van der Waals surface area (Å²) in [5.41, 5.74) is 0. The van der Waals surface area contributed by atoms with Crippen molar-refractivity contribution in [1.82, 2.24) is 10.2 Å². The maximum atomic E-state index is 11.3. The summed E-state index contributed by atoms with van der Waals surface area (Å²) in [6, 6.07) is 0. The third-order valence-electron chi connectivity index (χ3n) is 3.69. The number of rotatable bonds is 10. The first-order chi connectivity index (χ1) is 11.1. The van der Waals surface area contributed by atoms with Crippen LogP contribution >= 0.6 is 0 Å². The number of carbonyl (C=O) groups excluding carboxylic acids is 1. The number of nitrogens with one attached hydrogen (secondary N) is 1. The molecule has 1 saturated heterocycles. The summed E-state index contributed by atoms with van der Waals surface area (Å²) in [6.45, 7) is 16.1. The van der Waals surface area contributed by atoms with Crippen LogP contribution in [0.3, 0.4) is 0 Å². The minimum atomic E-state index is 0.0872. The molecule has 0 aromatic heterocycles. The van der Waals surface area contributed by atoms with E-state index < -0.39 is 0 Å². The van der Waals surface area contributed by atoms with E-state index in [0.29, 0.717) is 13.0 Å². The van der Waals surface area contributed by atoms with Crippen molar-refractivity contribution in [2.45, 2.75) is 60.0 Å². The maximum Gasteiger partial charge on any atom is 0.219 e. The van der Waals surface area contributed by atoms with E-state index in [1.165, 1.54) is 6.42 Å². The molecule has 5 nitrogen and oxygen atoms in total. The Labute approximate surface area is 143 Å². The Morgan fingerprint density at radius 3 is 2.74 bits per heavy atom. The SMILES string of the molecule is CC.CCC(=O)NCC1CN(CCOCCCC(C)C)CCO1. The molecule has 1 unspecified atom stereocenters. The zero-order valence-corrected chi connectivity index (χ0v) is 15.9. The van der Waals surface area contributed by atoms with Crippen molar-refractivity contribution in [2.24, 2.45) is 5.92 Å². The molecule has 1 N–H and O–H groups in total. The van der Waals surface area contributed by atoms with E-state index >= 15 is 0 Å². The lowest BCUT2D eigenvalue weighted by molar-refractivity contribution is -0.122. The van der Waals surface area contributed by atoms with Gasteiger partial charge in [0.05, 0.1) is 19.3 Å². The molecule has 1 aliphatic heterocycles. The zero-order chi connectivity index (χ0) is 17.5. The van der Waals surface area contributed by atoms with Gasteiger partial charge in [0.2, 0.25) is 5.91 Å². The Morgan fingerprint density at radius 2 is 2.09 bits per heavy atom. The van der Waals surface area contributed by atoms with Crippen LogP contribution in [0.5, 0.6) is 0 Å². The molecule has 1 amide bonds. The molecule has 0 aromatic carbocycles. The van der Waals surface area contributed by atoms with Gasteiger partial charge in [0.15, 0.2) is 0 Å². The highest BCUT2D eigenvalue weighted by atomic mass is 16.5. The van der Waals surface area contributed by atoms with Gasteiger partial charge in [-0.2, -0.15) is 0 Å². The second kappa shape index (κ2) is 14.9. The van der Waals surface area contributed by atoms with E-state index in [9.17, 15) is 4.79 Å². The van der Waals surface area contributed by atoms with Gasteiger partial charge in [0, 0.05) is 39.2 Å². The van der Waals surface area contributed by atoms with Crippen LogP contribution in [-0.4, -0.2) is 62.9 Å². The Morgan fingerprint density at radius 1 is 1.35 bits per heavy atom. The molecular formula is C18H38N2O3. The summed E-state index contributed by atoms with van der Waals surface area (Å²) < 4.78 is 11.4. The molecule has 1 atom stereocenters. The summed E-state index contributed by atoms with van der Waals surface area (Å²) in [4.78, 5) is 13.6. The van der Waals surface area contributed by atoms with Gasteiger partial charge in [-0.1, -0.05) is 34.6 Å². The third kappa shape index (κ3) is 12.4. The fourth-order valence-corrected chi connectivity index (χ4v) is 2.35. The number of hydrogen-bond acceptors (Lipinski definition) is 4. The number of ether oxygens (including phenoxy) is 2. The van der Waals surface area contributed by atoms with Crippen LogP contribution in [0.1, 0.15) is 53.9 Å². The van der Waals surface area contributed by atoms with Crippen molar-refractivity contribution in [3.05, 3.63) is 0 Å². The van der Waals surface area contributed by atoms with Crippen LogP contribution in [-0.2, 0) is 14.3 Å². The van der Waals surface area contributed by atoms with Crippen LogP contribution in [0.15, 0.2) is 0 Å². The molecule has 0 spiro atoms. The van der Waals surface area contributed by atoms with Gasteiger partial charge >= 0.3 is 0 Å². The molecule has 23 heavy (non-hydrogen) atoms. The maximum absolute atomic E-state index is 11.3. The van der Waals surface area contributed by atoms with Crippen molar-refractivity contribution in [3.63, 3.8) is 0 Å². The molecule has 1 heterocycles. The summed E-state index contributed by atoms with van der Waals surface area (Å²) in [7, 11) is 0. The lowest BCUT2D eigenvalue weighted by atomic mass is 10.1. The Hall–Kier alpha value is -0.650. The molecular weight excluding hydrogens is 292 g/mol. The molecule has 0 radical (unpaired) electrons. The van der Waals surface area contributed by atoms with Crippen LogP contribution in [0, 0.1) is 5.92 Å². The number of amides is 1. The third-order valence-corrected chi connectivity index (χ3v) is 3.69. The number of hydrogen-bond donors (Lipinski definition) is 1. The summed E-state index contributed by atoms with van der Waals surface area (Å²) >= 11 is 0. The van der Waals surface area contributed by atoms with Crippen LogP contribution in [0.2, 0.25) is 0 Å². The monoisotopic (exact) mass is 330 g/mol. The van der Waals surface area contributed by atoms with E-state index in [2.05, 4.69) is 24.1 Å². The van der Waals surface area contributed by atoms with E-state index in [4.69, 9.17) is 9.47 Å². The number of morpholine rings is 1. The van der Waals surface area contributed by atoms with E-state index in [1.807, 2.05) is 20.8 Å². The average molecular weight is 331 g/mol. The lowest BCUT2D eigenvalue weighted by Gasteiger charge is -2.32. The molecule has 5 heteroatoms. The van der Waals surface area contributed by atoms with Crippen molar-refractivity contribution >= 4 is 5.91 Å². The van der Waals surface area contributed by atoms with Gasteiger partial charge in [0.25, 0.3) is 0 Å². The normalized spacial score (nSPS) is 18.4. The van der Waals surface area contributed by atoms with Crippen molar-refractivity contribution in [1.29, 1.82) is 0 Å². The largest absolute Gasteiger partial charge is 0.380 e. The van der Waals surface area contributed by atoms with E-state index in [1.54, 1.807) is 0 Å². The topological polar surface area (TPSA) is 50.8 Å². The summed E-state index contributed by atoms with van der Waals surface area (Å²) in [6.07, 6.45) is 3.01. The second-order valence-electron chi connectivity index (χ2n) is 6.10. The molecule has 1 rings (SSSR count). The van der Waals surface area contributed by atoms with E-state index in [0.717, 1.165) is 51.8 Å². The smallest absolute Gasteiger partial charge is 0.219 e. The van der Waals surface area contributed by atoms with E-state index in [-0.39, 0.29) is 12.0 Å². The Kier molecular flexibility index (Phi) is 14.5. The molecule has 1 fully saturated rings. The minimum absolute atomic E-state index is 0.0872. The molecule has 0 saturated carbocycles. The standard InChI is InChI=1S/C16H32N2O3.C2H6/c1-4-16(19)17-12-15-13-18(8-11-21-15)7-10-20-9-5-6-14(2)3;1-2/h14-15H,4-13H2,1-3H3,(H,17,19);1-2H3. The molecule has 138 valence electrons. The molecule has 0 bridgehead atoms. The number of nitrogens with zero attached hydrogens (tertiary/aromatic N) is 1. The van der Waals surface area contributed by atoms with Crippen LogP contribution in [0.4, 0.5) is 0 Å². The Balaban J connectivity index is 0.00000232. The van der Waals surface area contributed by atoms with Crippen LogP contribution in [0.25, 0.3) is 0 Å². The highest BCUT2D eigenvalue weighted by Gasteiger charge is 2.20. The van der Waals surface area contributed by atoms with Gasteiger partial charge in [-0.05, 0) is 18.8 Å². The highest BCUT2D eigenvalue weighted by Crippen LogP contribution is 2.05. The van der Waals surface area contributed by atoms with Crippen molar-refractivity contribution < 1.29 is 14.3 Å². The molecule has 1 aliphatic rings. The van der Waals surface area contributed by atoms with Gasteiger partial charge in [0.1, 0.15) is 0 Å². The Bertz CT molecular complexity index is 285. The number of carbonyl (C=O) groups is 1. The quantitative estimate of drug-likeness (QED) is 0.626. The fraction of sp³-hybridized carbons (Fsp3) is 0.944. The predicted octanol–water partition coefficient (Wildman–Crippen LogP) is 2.69. The van der Waals surface area contributed by atoms with Crippen molar-refractivity contribution in [2.75, 3.05) is 46.0 Å². The fourth-order valence-electron chi connectivity index (χ4n) is 2.35. The average Bonchev–Trinajstić information content (AvgIpc) is 2.57. The first-order valence-corrected chi connectivity index (χ1v) is 9.30. The minimum Gasteiger partial charge on any atom is -0.380 e. The second-order valence-corrected chi connectivity index (χ2v) is 6.10. The highest BCUT2D eigenvalue weighted by molar-refractivity contribution is 5.75. The van der Waals surface area contributed by atoms with Gasteiger partial charge in [-0.3, -0.25) is 9.69 Å². The summed E-state index contributed by atoms with van der Waals surface area (Å²) in [5, 5.41) is 2.90. The molecule has 0 aliphatic carbocycles. The van der Waals surface area contributed by atoms with Gasteiger partial charge in [-0.25, -0.2) is 0 Å². The predicted molar refractivity (Wildman–Crippen MR) is 95.7 cm³/mol. The van der Waals surface area contributed by atoms with Crippen molar-refractivity contribution in [3.8, 4) is 0 Å². The molecule has 0 aromatic rings. The zero-order valence-electron chi connectivity index (χ0n) is 15.9. The van der Waals surface area contributed by atoms with Gasteiger partial charge in [-0.15, -0.1) is 0 Å².